The Morgan fingerprint density at radius 2 is 1.94 bits per heavy atom. The lowest BCUT2D eigenvalue weighted by molar-refractivity contribution is -0.119. The summed E-state index contributed by atoms with van der Waals surface area (Å²) in [5, 5.41) is 13.4. The Labute approximate surface area is 204 Å². The second-order valence-electron chi connectivity index (χ2n) is 9.09. The molecule has 190 valence electrons. The molecule has 0 aromatic carbocycles. The van der Waals surface area contributed by atoms with E-state index in [0.29, 0.717) is 5.56 Å². The van der Waals surface area contributed by atoms with Crippen LogP contribution in [0.15, 0.2) is 29.4 Å². The average molecular weight is 504 g/mol. The molecule has 0 aliphatic carbocycles. The number of hydrogen-bond donors (Lipinski definition) is 2. The van der Waals surface area contributed by atoms with Gasteiger partial charge in [0.05, 0.1) is 5.56 Å². The molecule has 13 heteroatoms. The minimum atomic E-state index is -3.74. The molecule has 0 unspecified atom stereocenters. The van der Waals surface area contributed by atoms with Gasteiger partial charge in [0, 0.05) is 6.20 Å². The van der Waals surface area contributed by atoms with E-state index in [0.717, 1.165) is 19.1 Å². The van der Waals surface area contributed by atoms with Crippen molar-refractivity contribution in [3.8, 4) is 6.07 Å². The van der Waals surface area contributed by atoms with Crippen LogP contribution < -0.4 is 10.6 Å². The molecule has 1 aliphatic heterocycles. The van der Waals surface area contributed by atoms with Crippen molar-refractivity contribution in [3.63, 3.8) is 0 Å². The molecule has 10 nitrogen and oxygen atoms in total. The predicted octanol–water partition coefficient (Wildman–Crippen LogP) is 3.81. The molecule has 2 aromatic heterocycles. The van der Waals surface area contributed by atoms with E-state index >= 15 is 0 Å². The van der Waals surface area contributed by atoms with E-state index in [-0.39, 0.29) is 17.1 Å². The van der Waals surface area contributed by atoms with Crippen molar-refractivity contribution in [3.05, 3.63) is 52.7 Å². The number of aromatic nitrogens is 2. The van der Waals surface area contributed by atoms with Crippen LogP contribution in [0.1, 0.15) is 55.0 Å². The van der Waals surface area contributed by atoms with Crippen molar-refractivity contribution in [2.75, 3.05) is 11.9 Å². The van der Waals surface area contributed by atoms with Gasteiger partial charge in [0.15, 0.2) is 12.1 Å². The van der Waals surface area contributed by atoms with E-state index < -0.39 is 53.2 Å². The number of ether oxygens (including phenoxy) is 2. The Bertz CT molecular complexity index is 1290. The van der Waals surface area contributed by atoms with E-state index in [1.165, 1.54) is 12.3 Å². The molecule has 0 spiro atoms. The lowest BCUT2D eigenvalue weighted by Crippen LogP contribution is -2.53. The van der Waals surface area contributed by atoms with Crippen LogP contribution in [-0.4, -0.2) is 46.1 Å². The number of anilines is 1. The Balaban J connectivity index is 1.94. The summed E-state index contributed by atoms with van der Waals surface area (Å²) in [7, 11) is 0. The summed E-state index contributed by atoms with van der Waals surface area (Å²) in [4.78, 5) is 36.3. The zero-order valence-electron chi connectivity index (χ0n) is 20.1. The second kappa shape index (κ2) is 9.44. The van der Waals surface area contributed by atoms with Gasteiger partial charge in [0.2, 0.25) is 0 Å². The monoisotopic (exact) mass is 504 g/mol. The van der Waals surface area contributed by atoms with Gasteiger partial charge in [-0.05, 0) is 58.4 Å². The van der Waals surface area contributed by atoms with E-state index in [2.05, 4.69) is 25.6 Å². The zero-order chi connectivity index (χ0) is 26.9. The first kappa shape index (κ1) is 26.4. The number of nitriles is 1. The first-order chi connectivity index (χ1) is 16.6. The van der Waals surface area contributed by atoms with Gasteiger partial charge in [-0.25, -0.2) is 29.5 Å². The van der Waals surface area contributed by atoms with Crippen molar-refractivity contribution >= 4 is 23.8 Å². The fourth-order valence-electron chi connectivity index (χ4n) is 3.20. The van der Waals surface area contributed by atoms with Gasteiger partial charge in [-0.3, -0.25) is 4.79 Å². The molecule has 2 aromatic rings. The van der Waals surface area contributed by atoms with Crippen LogP contribution in [-0.2, 0) is 15.0 Å². The molecule has 3 rings (SSSR count). The summed E-state index contributed by atoms with van der Waals surface area (Å²) in [6.07, 6.45) is 0.191. The number of aryl methyl sites for hydroxylation is 1. The molecule has 0 saturated carbocycles. The molecule has 0 bridgehead atoms. The summed E-state index contributed by atoms with van der Waals surface area (Å²) in [5.41, 5.74) is -3.68. The first-order valence-electron chi connectivity index (χ1n) is 10.6. The first-order valence-corrected chi connectivity index (χ1v) is 10.6. The fraction of sp³-hybridized carbons (Fsp3) is 0.391. The highest BCUT2D eigenvalue weighted by Crippen LogP contribution is 2.44. The number of rotatable bonds is 3. The molecule has 0 radical (unpaired) electrons. The molecule has 3 heterocycles. The van der Waals surface area contributed by atoms with Crippen molar-refractivity contribution in [2.45, 2.75) is 51.7 Å². The van der Waals surface area contributed by atoms with E-state index in [9.17, 15) is 22.8 Å². The summed E-state index contributed by atoms with van der Waals surface area (Å²) in [6.45, 7) is 6.05. The Kier molecular flexibility index (Phi) is 6.92. The maximum absolute atomic E-state index is 15.0. The fourth-order valence-corrected chi connectivity index (χ4v) is 3.20. The van der Waals surface area contributed by atoms with Gasteiger partial charge in [-0.15, -0.1) is 0 Å². The van der Waals surface area contributed by atoms with Gasteiger partial charge < -0.3 is 14.8 Å². The molecule has 0 fully saturated rings. The number of alkyl carbamates (subject to hydrolysis) is 1. The number of carbonyl (C=O) groups excluding carboxylic acids is 2. The van der Waals surface area contributed by atoms with Crippen molar-refractivity contribution < 1.29 is 32.2 Å². The number of alkyl halides is 2. The largest absolute Gasteiger partial charge is 0.458 e. The Morgan fingerprint density at radius 3 is 2.56 bits per heavy atom. The second-order valence-corrected chi connectivity index (χ2v) is 9.09. The number of nitrogens with zero attached hydrogens (tertiary/aromatic N) is 4. The number of amides is 2. The van der Waals surface area contributed by atoms with E-state index in [4.69, 9.17) is 14.7 Å². The zero-order valence-corrected chi connectivity index (χ0v) is 20.1. The number of nitrogens with one attached hydrogen (secondary N) is 2. The molecule has 0 saturated heterocycles. The molecule has 36 heavy (non-hydrogen) atoms. The Morgan fingerprint density at radius 1 is 1.25 bits per heavy atom. The topological polar surface area (TPSA) is 139 Å². The minimum absolute atomic E-state index is 0.0360. The van der Waals surface area contributed by atoms with Crippen LogP contribution in [0.4, 0.5) is 23.8 Å². The Hall–Kier alpha value is -4.21. The van der Waals surface area contributed by atoms with Gasteiger partial charge in [0.25, 0.3) is 11.9 Å². The van der Waals surface area contributed by atoms with Gasteiger partial charge in [-0.2, -0.15) is 14.0 Å². The maximum Gasteiger partial charge on any atom is 0.415 e. The summed E-state index contributed by atoms with van der Waals surface area (Å²) in [6, 6.07) is 4.67. The van der Waals surface area contributed by atoms with Crippen LogP contribution in [0.2, 0.25) is 0 Å². The lowest BCUT2D eigenvalue weighted by atomic mass is 9.89. The normalized spacial score (nSPS) is 18.8. The SMILES string of the molecule is Cc1cc(C#N)cnc1C(=O)Nc1ccc(F)c([C@@]2(C)N=C(NC(=O)OC(C)(C)C)OCC2(F)F)n1. The number of amidine groups is 1. The number of aliphatic imine (C=N–C) groups is 1. The van der Waals surface area contributed by atoms with Crippen LogP contribution in [0.5, 0.6) is 0 Å². The highest BCUT2D eigenvalue weighted by Gasteiger charge is 2.58. The third-order valence-corrected chi connectivity index (χ3v) is 5.01. The van der Waals surface area contributed by atoms with Gasteiger partial charge in [0.1, 0.15) is 34.7 Å². The lowest BCUT2D eigenvalue weighted by Gasteiger charge is -2.37. The molecular weight excluding hydrogens is 481 g/mol. The standard InChI is InChI=1S/C23H23F3N6O4/c1-12-8-13(9-27)10-28-16(12)18(33)30-15-7-6-14(24)17(29-15)22(5)23(25,26)11-35-19(32-22)31-20(34)36-21(2,3)4/h6-8,10H,11H2,1-5H3,(H,29,30,33)(H,31,32,34)/t22-/m1/s1. The van der Waals surface area contributed by atoms with Crippen molar-refractivity contribution in [1.82, 2.24) is 15.3 Å². The van der Waals surface area contributed by atoms with E-state index in [1.54, 1.807) is 27.7 Å². The van der Waals surface area contributed by atoms with Crippen molar-refractivity contribution in [2.24, 2.45) is 4.99 Å². The van der Waals surface area contributed by atoms with Crippen LogP contribution in [0.25, 0.3) is 0 Å². The smallest absolute Gasteiger partial charge is 0.415 e. The third-order valence-electron chi connectivity index (χ3n) is 5.01. The highest BCUT2D eigenvalue weighted by atomic mass is 19.3. The van der Waals surface area contributed by atoms with Crippen LogP contribution in [0, 0.1) is 24.1 Å². The van der Waals surface area contributed by atoms with E-state index in [1.807, 2.05) is 6.07 Å². The summed E-state index contributed by atoms with van der Waals surface area (Å²) in [5.74, 6) is -5.86. The molecular formula is C23H23F3N6O4. The number of halogens is 3. The molecule has 2 amide bonds. The number of pyridine rings is 2. The quantitative estimate of drug-likeness (QED) is 0.648. The third kappa shape index (κ3) is 5.54. The predicted molar refractivity (Wildman–Crippen MR) is 121 cm³/mol. The summed E-state index contributed by atoms with van der Waals surface area (Å²) >= 11 is 0. The minimum Gasteiger partial charge on any atom is -0.458 e. The number of carbonyl (C=O) groups is 2. The van der Waals surface area contributed by atoms with Crippen LogP contribution >= 0.6 is 0 Å². The molecule has 1 atom stereocenters. The average Bonchev–Trinajstić information content (AvgIpc) is 2.76. The molecule has 1 aliphatic rings. The number of hydrogen-bond acceptors (Lipinski definition) is 8. The molecule has 2 N–H and O–H groups in total. The van der Waals surface area contributed by atoms with Gasteiger partial charge >= 0.3 is 12.0 Å². The maximum atomic E-state index is 15.0. The summed E-state index contributed by atoms with van der Waals surface area (Å²) < 4.78 is 54.7. The highest BCUT2D eigenvalue weighted by molar-refractivity contribution is 6.03. The van der Waals surface area contributed by atoms with Crippen molar-refractivity contribution in [1.29, 1.82) is 5.26 Å². The van der Waals surface area contributed by atoms with Gasteiger partial charge in [-0.1, -0.05) is 0 Å². The van der Waals surface area contributed by atoms with Crippen LogP contribution in [0.3, 0.4) is 0 Å².